The minimum atomic E-state index is -0.546. The summed E-state index contributed by atoms with van der Waals surface area (Å²) in [7, 11) is 1.37. The highest BCUT2D eigenvalue weighted by Crippen LogP contribution is 2.50. The number of carbonyl (C=O) groups is 2. The molecule has 0 saturated carbocycles. The molecule has 1 aromatic carbocycles. The number of nitrogens with zero attached hydrogens (tertiary/aromatic N) is 1. The zero-order valence-corrected chi connectivity index (χ0v) is 14.6. The fourth-order valence-electron chi connectivity index (χ4n) is 3.69. The van der Waals surface area contributed by atoms with E-state index in [0.29, 0.717) is 19.6 Å². The van der Waals surface area contributed by atoms with Gasteiger partial charge in [-0.15, -0.1) is 0 Å². The molecule has 1 aromatic rings. The van der Waals surface area contributed by atoms with Crippen LogP contribution >= 0.6 is 0 Å². The number of hydrogen-bond donors (Lipinski definition) is 0. The van der Waals surface area contributed by atoms with Gasteiger partial charge in [-0.25, -0.2) is 4.79 Å². The number of carbonyl (C=O) groups excluding carboxylic acids is 2. The van der Waals surface area contributed by atoms with Crippen LogP contribution in [0.15, 0.2) is 42.1 Å². The summed E-state index contributed by atoms with van der Waals surface area (Å²) in [6.45, 7) is 2.22. The fraction of sp³-hybridized carbons (Fsp3) is 0.474. The Morgan fingerprint density at radius 2 is 2.12 bits per heavy atom. The summed E-state index contributed by atoms with van der Waals surface area (Å²) in [6.07, 6.45) is 3.57. The Kier molecular flexibility index (Phi) is 5.08. The average Bonchev–Trinajstić information content (AvgIpc) is 3.13. The van der Waals surface area contributed by atoms with Crippen LogP contribution in [0.2, 0.25) is 0 Å². The zero-order valence-electron chi connectivity index (χ0n) is 14.6. The maximum atomic E-state index is 11.8. The first-order valence-electron chi connectivity index (χ1n) is 8.46. The summed E-state index contributed by atoms with van der Waals surface area (Å²) in [5.74, 6) is -0.673. The number of ether oxygens (including phenoxy) is 3. The second-order valence-corrected chi connectivity index (χ2v) is 6.30. The van der Waals surface area contributed by atoms with E-state index < -0.39 is 5.72 Å². The van der Waals surface area contributed by atoms with Crippen molar-refractivity contribution in [2.24, 2.45) is 0 Å². The molecule has 2 atom stereocenters. The molecule has 0 N–H and O–H groups in total. The standard InChI is InChI=1S/C19H23NO5/c1-14(21)24-11-10-19-9-8-16(12-18(22)23-2)20(19)17(13-25-19)15-6-4-3-5-7-15/h3-7,12,17H,8-11,13H2,1-2H3/b16-12+/t17-,19+/m1/s1. The molecule has 0 aromatic heterocycles. The van der Waals surface area contributed by atoms with Gasteiger partial charge in [-0.05, 0) is 12.0 Å². The summed E-state index contributed by atoms with van der Waals surface area (Å²) < 4.78 is 16.1. The molecule has 3 rings (SSSR count). The third-order valence-corrected chi connectivity index (χ3v) is 4.81. The molecule has 134 valence electrons. The highest BCUT2D eigenvalue weighted by molar-refractivity contribution is 5.82. The van der Waals surface area contributed by atoms with Gasteiger partial charge in [-0.2, -0.15) is 0 Å². The van der Waals surface area contributed by atoms with Gasteiger partial charge in [0.05, 0.1) is 26.4 Å². The maximum Gasteiger partial charge on any atom is 0.332 e. The number of methoxy groups -OCH3 is 1. The van der Waals surface area contributed by atoms with Crippen LogP contribution in [0.25, 0.3) is 0 Å². The number of fused-ring (bicyclic) bond motifs is 1. The van der Waals surface area contributed by atoms with E-state index in [-0.39, 0.29) is 18.0 Å². The van der Waals surface area contributed by atoms with Crippen molar-refractivity contribution in [3.05, 3.63) is 47.7 Å². The molecule has 2 aliphatic rings. The molecule has 25 heavy (non-hydrogen) atoms. The maximum absolute atomic E-state index is 11.8. The first-order chi connectivity index (χ1) is 12.1. The van der Waals surface area contributed by atoms with Crippen molar-refractivity contribution in [3.8, 4) is 0 Å². The van der Waals surface area contributed by atoms with Crippen molar-refractivity contribution >= 4 is 11.9 Å². The first-order valence-corrected chi connectivity index (χ1v) is 8.46. The molecule has 0 radical (unpaired) electrons. The van der Waals surface area contributed by atoms with E-state index in [0.717, 1.165) is 24.1 Å². The van der Waals surface area contributed by atoms with Crippen LogP contribution in [0.4, 0.5) is 0 Å². The third kappa shape index (κ3) is 3.54. The number of rotatable bonds is 5. The molecule has 6 heteroatoms. The predicted molar refractivity (Wildman–Crippen MR) is 90.3 cm³/mol. The van der Waals surface area contributed by atoms with Crippen molar-refractivity contribution in [2.75, 3.05) is 20.3 Å². The number of esters is 2. The minimum Gasteiger partial charge on any atom is -0.466 e. The molecule has 2 saturated heterocycles. The van der Waals surface area contributed by atoms with E-state index in [1.165, 1.54) is 20.1 Å². The second kappa shape index (κ2) is 7.27. The van der Waals surface area contributed by atoms with E-state index in [1.54, 1.807) is 0 Å². The van der Waals surface area contributed by atoms with Gasteiger partial charge < -0.3 is 19.1 Å². The van der Waals surface area contributed by atoms with Gasteiger partial charge in [0.1, 0.15) is 5.72 Å². The summed E-state index contributed by atoms with van der Waals surface area (Å²) >= 11 is 0. The Balaban J connectivity index is 1.89. The Morgan fingerprint density at radius 3 is 2.80 bits per heavy atom. The van der Waals surface area contributed by atoms with Crippen molar-refractivity contribution in [3.63, 3.8) is 0 Å². The van der Waals surface area contributed by atoms with Crippen molar-refractivity contribution in [2.45, 2.75) is 38.0 Å². The molecule has 0 bridgehead atoms. The fourth-order valence-corrected chi connectivity index (χ4v) is 3.69. The van der Waals surface area contributed by atoms with Crippen LogP contribution in [-0.4, -0.2) is 42.9 Å². The molecule has 0 amide bonds. The Bertz CT molecular complexity index is 672. The van der Waals surface area contributed by atoms with Crippen LogP contribution < -0.4 is 0 Å². The van der Waals surface area contributed by atoms with E-state index in [9.17, 15) is 9.59 Å². The molecular formula is C19H23NO5. The smallest absolute Gasteiger partial charge is 0.332 e. The third-order valence-electron chi connectivity index (χ3n) is 4.81. The van der Waals surface area contributed by atoms with Gasteiger partial charge in [-0.1, -0.05) is 30.3 Å². The van der Waals surface area contributed by atoms with Crippen LogP contribution in [0.3, 0.4) is 0 Å². The average molecular weight is 345 g/mol. The normalized spacial score (nSPS) is 26.6. The van der Waals surface area contributed by atoms with Crippen LogP contribution in [-0.2, 0) is 23.8 Å². The number of hydrogen-bond acceptors (Lipinski definition) is 6. The predicted octanol–water partition coefficient (Wildman–Crippen LogP) is 2.56. The molecule has 0 spiro atoms. The van der Waals surface area contributed by atoms with Gasteiger partial charge in [0.2, 0.25) is 0 Å². The summed E-state index contributed by atoms with van der Waals surface area (Å²) in [5.41, 5.74) is 1.49. The Hall–Kier alpha value is -2.34. The monoisotopic (exact) mass is 345 g/mol. The minimum absolute atomic E-state index is 0.0249. The van der Waals surface area contributed by atoms with Crippen LogP contribution in [0.5, 0.6) is 0 Å². The molecule has 0 unspecified atom stereocenters. The largest absolute Gasteiger partial charge is 0.466 e. The van der Waals surface area contributed by atoms with Gasteiger partial charge in [0.15, 0.2) is 0 Å². The van der Waals surface area contributed by atoms with E-state index >= 15 is 0 Å². The highest BCUT2D eigenvalue weighted by atomic mass is 16.5. The summed E-state index contributed by atoms with van der Waals surface area (Å²) in [6, 6.07) is 10.1. The SMILES string of the molecule is COC(=O)/C=C1\CC[C@@]2(CCOC(C)=O)OC[C@H](c3ccccc3)N12. The Labute approximate surface area is 147 Å². The molecule has 6 nitrogen and oxygen atoms in total. The molecular weight excluding hydrogens is 322 g/mol. The van der Waals surface area contributed by atoms with Gasteiger partial charge >= 0.3 is 11.9 Å². The summed E-state index contributed by atoms with van der Waals surface area (Å²) in [4.78, 5) is 25.0. The lowest BCUT2D eigenvalue weighted by Gasteiger charge is -2.35. The number of benzene rings is 1. The van der Waals surface area contributed by atoms with Crippen LogP contribution in [0, 0.1) is 0 Å². The van der Waals surface area contributed by atoms with Crippen molar-refractivity contribution < 1.29 is 23.8 Å². The Morgan fingerprint density at radius 1 is 1.36 bits per heavy atom. The molecule has 2 heterocycles. The lowest BCUT2D eigenvalue weighted by Crippen LogP contribution is -2.41. The lowest BCUT2D eigenvalue weighted by atomic mass is 10.0. The van der Waals surface area contributed by atoms with E-state index in [2.05, 4.69) is 17.0 Å². The quantitative estimate of drug-likeness (QED) is 0.604. The molecule has 2 fully saturated rings. The molecule has 0 aliphatic carbocycles. The first kappa shape index (κ1) is 17.5. The van der Waals surface area contributed by atoms with E-state index in [1.807, 2.05) is 18.2 Å². The zero-order chi connectivity index (χ0) is 17.9. The highest BCUT2D eigenvalue weighted by Gasteiger charge is 2.52. The van der Waals surface area contributed by atoms with Crippen molar-refractivity contribution in [1.82, 2.24) is 4.90 Å². The van der Waals surface area contributed by atoms with E-state index in [4.69, 9.17) is 14.2 Å². The topological polar surface area (TPSA) is 65.1 Å². The molecule has 2 aliphatic heterocycles. The second-order valence-electron chi connectivity index (χ2n) is 6.30. The van der Waals surface area contributed by atoms with Gasteiger partial charge in [-0.3, -0.25) is 4.79 Å². The van der Waals surface area contributed by atoms with Crippen molar-refractivity contribution in [1.29, 1.82) is 0 Å². The van der Waals surface area contributed by atoms with Crippen LogP contribution in [0.1, 0.15) is 37.8 Å². The lowest BCUT2D eigenvalue weighted by molar-refractivity contribution is -0.144. The summed E-state index contributed by atoms with van der Waals surface area (Å²) in [5, 5.41) is 0. The van der Waals surface area contributed by atoms with Gasteiger partial charge in [0, 0.05) is 31.5 Å². The number of allylic oxidation sites excluding steroid dienone is 1. The van der Waals surface area contributed by atoms with Gasteiger partial charge in [0.25, 0.3) is 0 Å².